The van der Waals surface area contributed by atoms with Gasteiger partial charge in [0.05, 0.1) is 18.3 Å². The van der Waals surface area contributed by atoms with E-state index in [-0.39, 0.29) is 30.5 Å². The fourth-order valence-corrected chi connectivity index (χ4v) is 5.08. The molecular weight excluding hydrogens is 521 g/mol. The number of nitrogens with zero attached hydrogens (tertiary/aromatic N) is 1. The highest BCUT2D eigenvalue weighted by molar-refractivity contribution is 6.56. The lowest BCUT2D eigenvalue weighted by atomic mass is 9.77. The molecule has 9 nitrogen and oxygen atoms in total. The van der Waals surface area contributed by atoms with Crippen molar-refractivity contribution in [2.75, 3.05) is 26.0 Å². The molecule has 10 heteroatoms. The zero-order valence-corrected chi connectivity index (χ0v) is 23.9. The zero-order chi connectivity index (χ0) is 29.4. The maximum absolute atomic E-state index is 12.9. The Hall–Kier alpha value is -4.15. The highest BCUT2D eigenvalue weighted by Gasteiger charge is 2.52. The molecule has 0 atom stereocenters. The topological polar surface area (TPSA) is 122 Å². The molecule has 212 valence electrons. The summed E-state index contributed by atoms with van der Waals surface area (Å²) in [6.07, 6.45) is 2.71. The van der Waals surface area contributed by atoms with E-state index in [2.05, 4.69) is 34.6 Å². The van der Waals surface area contributed by atoms with Crippen molar-refractivity contribution < 1.29 is 28.4 Å². The molecule has 0 spiro atoms. The summed E-state index contributed by atoms with van der Waals surface area (Å²) in [6, 6.07) is 17.9. The number of esters is 1. The van der Waals surface area contributed by atoms with Crippen LogP contribution in [-0.2, 0) is 18.8 Å². The van der Waals surface area contributed by atoms with Gasteiger partial charge in [-0.2, -0.15) is 0 Å². The number of carbonyl (C=O) groups excluding carboxylic acids is 2. The van der Waals surface area contributed by atoms with Gasteiger partial charge in [-0.25, -0.2) is 14.6 Å². The quantitative estimate of drug-likeness (QED) is 0.309. The van der Waals surface area contributed by atoms with Crippen LogP contribution in [0.2, 0.25) is 0 Å². The fraction of sp³-hybridized carbons (Fsp3) is 0.323. The molecule has 0 unspecified atom stereocenters. The average molecular weight is 555 g/mol. The number of nitrogens with one attached hydrogen (secondary N) is 1. The number of nitrogen functional groups attached to an aromatic ring is 1. The summed E-state index contributed by atoms with van der Waals surface area (Å²) in [4.78, 5) is 29.2. The number of nitrogens with two attached hydrogens (primary N) is 1. The van der Waals surface area contributed by atoms with E-state index in [9.17, 15) is 9.59 Å². The van der Waals surface area contributed by atoms with E-state index < -0.39 is 30.4 Å². The van der Waals surface area contributed by atoms with Crippen LogP contribution in [0.3, 0.4) is 0 Å². The van der Waals surface area contributed by atoms with Gasteiger partial charge in [-0.3, -0.25) is 0 Å². The highest BCUT2D eigenvalue weighted by Crippen LogP contribution is 2.44. The molecule has 2 heterocycles. The van der Waals surface area contributed by atoms with Crippen LogP contribution >= 0.6 is 0 Å². The van der Waals surface area contributed by atoms with Gasteiger partial charge in [-0.1, -0.05) is 54.6 Å². The summed E-state index contributed by atoms with van der Waals surface area (Å²) >= 11 is 0. The minimum Gasteiger partial charge on any atom is -0.465 e. The van der Waals surface area contributed by atoms with Crippen LogP contribution in [0.4, 0.5) is 10.6 Å². The van der Waals surface area contributed by atoms with Crippen LogP contribution in [0.5, 0.6) is 0 Å². The number of ether oxygens (including phenoxy) is 2. The van der Waals surface area contributed by atoms with E-state index in [1.165, 1.54) is 13.3 Å². The molecule has 1 fully saturated rings. The minimum atomic E-state index is -0.756. The zero-order valence-electron chi connectivity index (χ0n) is 23.9. The van der Waals surface area contributed by atoms with Crippen molar-refractivity contribution in [2.24, 2.45) is 0 Å². The normalized spacial score (nSPS) is 17.1. The largest absolute Gasteiger partial charge is 0.492 e. The number of hydrogen-bond acceptors (Lipinski definition) is 8. The smallest absolute Gasteiger partial charge is 0.465 e. The van der Waals surface area contributed by atoms with Gasteiger partial charge in [-0.15, -0.1) is 0 Å². The molecular formula is C31H34BN3O6. The number of methoxy groups -OCH3 is 1. The first-order valence-electron chi connectivity index (χ1n) is 13.5. The first-order valence-corrected chi connectivity index (χ1v) is 13.5. The summed E-state index contributed by atoms with van der Waals surface area (Å²) in [5.41, 5.74) is 10.6. The summed E-state index contributed by atoms with van der Waals surface area (Å²) < 4.78 is 23.0. The number of rotatable bonds is 7. The number of hydrogen-bond donors (Lipinski definition) is 2. The van der Waals surface area contributed by atoms with Crippen molar-refractivity contribution >= 4 is 31.1 Å². The number of aromatic nitrogens is 1. The number of alkyl carbamates (subject to hydrolysis) is 1. The van der Waals surface area contributed by atoms with Crippen molar-refractivity contribution in [3.63, 3.8) is 0 Å². The number of pyridine rings is 1. The Morgan fingerprint density at radius 2 is 1.61 bits per heavy atom. The van der Waals surface area contributed by atoms with Crippen LogP contribution in [-0.4, -0.2) is 55.6 Å². The highest BCUT2D eigenvalue weighted by atomic mass is 16.7. The molecule has 0 saturated carbocycles. The van der Waals surface area contributed by atoms with E-state index in [4.69, 9.17) is 24.5 Å². The lowest BCUT2D eigenvalue weighted by Gasteiger charge is -2.32. The van der Waals surface area contributed by atoms with E-state index in [0.29, 0.717) is 11.0 Å². The molecule has 1 aliphatic heterocycles. The number of anilines is 1. The van der Waals surface area contributed by atoms with Crippen molar-refractivity contribution in [3.8, 4) is 11.1 Å². The Labute approximate surface area is 240 Å². The molecule has 1 saturated heterocycles. The Morgan fingerprint density at radius 1 is 1.02 bits per heavy atom. The van der Waals surface area contributed by atoms with Gasteiger partial charge in [-0.05, 0) is 67.1 Å². The maximum atomic E-state index is 12.9. The number of carbonyl (C=O) groups is 2. The van der Waals surface area contributed by atoms with Crippen LogP contribution in [0.25, 0.3) is 17.2 Å². The molecule has 1 amide bonds. The molecule has 5 rings (SSSR count). The van der Waals surface area contributed by atoms with E-state index >= 15 is 0 Å². The molecule has 3 N–H and O–H groups in total. The van der Waals surface area contributed by atoms with Crippen LogP contribution in [0.1, 0.15) is 60.7 Å². The predicted octanol–water partition coefficient (Wildman–Crippen LogP) is 5.00. The third-order valence-corrected chi connectivity index (χ3v) is 8.03. The Kier molecular flexibility index (Phi) is 7.63. The van der Waals surface area contributed by atoms with Gasteiger partial charge in [0.2, 0.25) is 0 Å². The van der Waals surface area contributed by atoms with Crippen LogP contribution in [0.15, 0.2) is 66.3 Å². The third-order valence-electron chi connectivity index (χ3n) is 8.03. The minimum absolute atomic E-state index is 0.0520. The van der Waals surface area contributed by atoms with Gasteiger partial charge in [0.15, 0.2) is 0 Å². The average Bonchev–Trinajstić information content (AvgIpc) is 3.39. The lowest BCUT2D eigenvalue weighted by Crippen LogP contribution is -2.41. The van der Waals surface area contributed by atoms with Gasteiger partial charge < -0.3 is 29.8 Å². The first-order chi connectivity index (χ1) is 19.5. The van der Waals surface area contributed by atoms with Gasteiger partial charge in [0, 0.05) is 18.7 Å². The van der Waals surface area contributed by atoms with Crippen LogP contribution in [0, 0.1) is 0 Å². The van der Waals surface area contributed by atoms with Crippen molar-refractivity contribution in [1.82, 2.24) is 10.3 Å². The monoisotopic (exact) mass is 555 g/mol. The summed E-state index contributed by atoms with van der Waals surface area (Å²) in [5, 5.41) is 2.84. The number of benzene rings is 2. The van der Waals surface area contributed by atoms with Crippen molar-refractivity contribution in [1.29, 1.82) is 0 Å². The van der Waals surface area contributed by atoms with Crippen molar-refractivity contribution in [2.45, 2.75) is 44.8 Å². The molecule has 2 aliphatic rings. The van der Waals surface area contributed by atoms with E-state index in [0.717, 1.165) is 22.3 Å². The molecule has 0 bridgehead atoms. The Morgan fingerprint density at radius 3 is 2.20 bits per heavy atom. The molecule has 1 aromatic heterocycles. The van der Waals surface area contributed by atoms with Gasteiger partial charge in [0.25, 0.3) is 0 Å². The lowest BCUT2D eigenvalue weighted by molar-refractivity contribution is 0.00578. The molecule has 0 radical (unpaired) electrons. The fourth-order valence-electron chi connectivity index (χ4n) is 5.08. The Bertz CT molecular complexity index is 1460. The standard InChI is InChI=1S/C31H34BN3O6/c1-30(2)31(3,4)41-32(40-30)20(14-19-15-25(28(36)38-5)27(33)34-16-19)17-35-29(37)39-18-26-23-12-8-6-10-21(23)22-11-7-9-13-24(22)26/h6-16,26H,17-18H2,1-5H3,(H2,33,34)(H,35,37). The van der Waals surface area contributed by atoms with Crippen molar-refractivity contribution in [3.05, 3.63) is 88.5 Å². The van der Waals surface area contributed by atoms with Gasteiger partial charge in [0.1, 0.15) is 18.0 Å². The number of fused-ring (bicyclic) bond motifs is 3. The molecule has 1 aliphatic carbocycles. The molecule has 41 heavy (non-hydrogen) atoms. The Balaban J connectivity index is 1.33. The summed E-state index contributed by atoms with van der Waals surface area (Å²) in [5.74, 6) is -0.592. The first kappa shape index (κ1) is 28.4. The number of amides is 1. The van der Waals surface area contributed by atoms with E-state index in [1.54, 1.807) is 12.1 Å². The predicted molar refractivity (Wildman–Crippen MR) is 157 cm³/mol. The third kappa shape index (κ3) is 5.58. The van der Waals surface area contributed by atoms with Gasteiger partial charge >= 0.3 is 19.2 Å². The second kappa shape index (κ2) is 11.0. The second-order valence-corrected chi connectivity index (χ2v) is 11.2. The van der Waals surface area contributed by atoms with E-state index in [1.807, 2.05) is 52.0 Å². The maximum Gasteiger partial charge on any atom is 0.492 e. The molecule has 2 aromatic carbocycles. The van der Waals surface area contributed by atoms with Crippen LogP contribution < -0.4 is 11.1 Å². The second-order valence-electron chi connectivity index (χ2n) is 11.2. The summed E-state index contributed by atoms with van der Waals surface area (Å²) in [7, 11) is 0.520. The SMILES string of the molecule is COC(=O)c1cc(C=C(CNC(=O)OCC2c3ccccc3-c3ccccc32)B2OC(C)(C)C(C)(C)O2)cnc1N. The summed E-state index contributed by atoms with van der Waals surface area (Å²) in [6.45, 7) is 8.06. The molecule has 3 aromatic rings.